The lowest BCUT2D eigenvalue weighted by molar-refractivity contribution is 0.0654. The molecule has 0 aromatic carbocycles. The Bertz CT molecular complexity index is 490. The monoisotopic (exact) mass is 228 g/mol. The molecule has 0 aliphatic heterocycles. The van der Waals surface area contributed by atoms with Gasteiger partial charge in [0, 0.05) is 0 Å². The molecule has 0 spiro atoms. The van der Waals surface area contributed by atoms with Crippen LogP contribution < -0.4 is 0 Å². The highest BCUT2D eigenvalue weighted by molar-refractivity contribution is 6.16. The molecular weight excluding hydrogens is 224 g/mol. The number of carboxylic acids is 1. The molecule has 0 radical (unpaired) electrons. The SMILES string of the molecule is O=C(O)c1nnc(-c2ccc(CCl)o2)o1. The van der Waals surface area contributed by atoms with Gasteiger partial charge in [0.2, 0.25) is 0 Å². The van der Waals surface area contributed by atoms with E-state index >= 15 is 0 Å². The second-order valence-corrected chi connectivity index (χ2v) is 2.88. The van der Waals surface area contributed by atoms with Crippen LogP contribution in [0.1, 0.15) is 16.4 Å². The van der Waals surface area contributed by atoms with Crippen LogP contribution >= 0.6 is 11.6 Å². The topological polar surface area (TPSA) is 89.4 Å². The molecule has 1 N–H and O–H groups in total. The van der Waals surface area contributed by atoms with Gasteiger partial charge in [0.25, 0.3) is 5.89 Å². The number of hydrogen-bond acceptors (Lipinski definition) is 5. The highest BCUT2D eigenvalue weighted by Gasteiger charge is 2.16. The van der Waals surface area contributed by atoms with Crippen molar-refractivity contribution in [3.63, 3.8) is 0 Å². The third-order valence-corrected chi connectivity index (χ3v) is 1.88. The van der Waals surface area contributed by atoms with Gasteiger partial charge in [-0.25, -0.2) is 4.79 Å². The molecule has 2 rings (SSSR count). The number of aromatic nitrogens is 2. The largest absolute Gasteiger partial charge is 0.474 e. The first-order chi connectivity index (χ1) is 7.20. The molecule has 15 heavy (non-hydrogen) atoms. The van der Waals surface area contributed by atoms with Crippen molar-refractivity contribution in [1.29, 1.82) is 0 Å². The zero-order valence-electron chi connectivity index (χ0n) is 7.31. The molecule has 0 unspecified atom stereocenters. The smallest absolute Gasteiger partial charge is 0.393 e. The molecular formula is C8H5ClN2O4. The minimum atomic E-state index is -1.28. The van der Waals surface area contributed by atoms with E-state index in [9.17, 15) is 4.79 Å². The normalized spacial score (nSPS) is 10.5. The Kier molecular flexibility index (Phi) is 2.42. The van der Waals surface area contributed by atoms with Gasteiger partial charge in [-0.15, -0.1) is 21.8 Å². The summed E-state index contributed by atoms with van der Waals surface area (Å²) < 4.78 is 10.0. The molecule has 78 valence electrons. The van der Waals surface area contributed by atoms with Gasteiger partial charge in [-0.2, -0.15) is 0 Å². The Morgan fingerprint density at radius 2 is 2.20 bits per heavy atom. The van der Waals surface area contributed by atoms with E-state index in [4.69, 9.17) is 25.5 Å². The predicted octanol–water partition coefficient (Wildman–Crippen LogP) is 1.77. The van der Waals surface area contributed by atoms with E-state index in [2.05, 4.69) is 10.2 Å². The van der Waals surface area contributed by atoms with Crippen LogP contribution in [0.2, 0.25) is 0 Å². The first-order valence-corrected chi connectivity index (χ1v) is 4.46. The minimum Gasteiger partial charge on any atom is -0.474 e. The molecule has 2 aromatic heterocycles. The fourth-order valence-corrected chi connectivity index (χ4v) is 1.12. The molecule has 0 fully saturated rings. The summed E-state index contributed by atoms with van der Waals surface area (Å²) in [6.07, 6.45) is 0. The summed E-state index contributed by atoms with van der Waals surface area (Å²) in [4.78, 5) is 10.5. The quantitative estimate of drug-likeness (QED) is 0.805. The summed E-state index contributed by atoms with van der Waals surface area (Å²) in [6.45, 7) is 0. The molecule has 0 aliphatic carbocycles. The number of aromatic carboxylic acids is 1. The Hall–Kier alpha value is -1.82. The first kappa shape index (κ1) is 9.72. The van der Waals surface area contributed by atoms with Gasteiger partial charge in [-0.1, -0.05) is 0 Å². The summed E-state index contributed by atoms with van der Waals surface area (Å²) in [6, 6.07) is 3.23. The number of rotatable bonds is 3. The molecule has 0 saturated carbocycles. The van der Waals surface area contributed by atoms with Gasteiger partial charge in [0.15, 0.2) is 5.76 Å². The van der Waals surface area contributed by atoms with Crippen molar-refractivity contribution in [2.45, 2.75) is 5.88 Å². The third-order valence-electron chi connectivity index (χ3n) is 1.61. The van der Waals surface area contributed by atoms with Crippen LogP contribution in [0.25, 0.3) is 11.7 Å². The second-order valence-electron chi connectivity index (χ2n) is 2.62. The Morgan fingerprint density at radius 3 is 2.73 bits per heavy atom. The van der Waals surface area contributed by atoms with Crippen LogP contribution in [-0.4, -0.2) is 21.3 Å². The Labute approximate surface area is 88.5 Å². The predicted molar refractivity (Wildman–Crippen MR) is 48.5 cm³/mol. The average molecular weight is 229 g/mol. The number of carboxylic acid groups (broad SMARTS) is 1. The van der Waals surface area contributed by atoms with E-state index in [0.29, 0.717) is 11.5 Å². The number of hydrogen-bond donors (Lipinski definition) is 1. The van der Waals surface area contributed by atoms with Crippen LogP contribution in [0.15, 0.2) is 21.0 Å². The van der Waals surface area contributed by atoms with Crippen molar-refractivity contribution < 1.29 is 18.7 Å². The van der Waals surface area contributed by atoms with Gasteiger partial charge in [0.05, 0.1) is 5.88 Å². The van der Waals surface area contributed by atoms with Crippen LogP contribution in [0.3, 0.4) is 0 Å². The third kappa shape index (κ3) is 1.84. The summed E-state index contributed by atoms with van der Waals surface area (Å²) in [5.41, 5.74) is 0. The highest BCUT2D eigenvalue weighted by atomic mass is 35.5. The van der Waals surface area contributed by atoms with Crippen molar-refractivity contribution in [2.24, 2.45) is 0 Å². The van der Waals surface area contributed by atoms with E-state index in [-0.39, 0.29) is 11.8 Å². The number of carbonyl (C=O) groups is 1. The number of halogens is 1. The Morgan fingerprint density at radius 1 is 1.40 bits per heavy atom. The summed E-state index contributed by atoms with van der Waals surface area (Å²) in [5, 5.41) is 15.4. The molecule has 7 heteroatoms. The Balaban J connectivity index is 2.32. The van der Waals surface area contributed by atoms with E-state index < -0.39 is 11.9 Å². The van der Waals surface area contributed by atoms with Crippen molar-refractivity contribution in [3.05, 3.63) is 23.8 Å². The summed E-state index contributed by atoms with van der Waals surface area (Å²) in [5.74, 6) is -0.678. The molecule has 0 bridgehead atoms. The summed E-state index contributed by atoms with van der Waals surface area (Å²) >= 11 is 5.53. The van der Waals surface area contributed by atoms with Crippen LogP contribution in [0.5, 0.6) is 0 Å². The molecule has 2 aromatic rings. The highest BCUT2D eigenvalue weighted by Crippen LogP contribution is 2.21. The van der Waals surface area contributed by atoms with Crippen molar-refractivity contribution >= 4 is 17.6 Å². The van der Waals surface area contributed by atoms with E-state index in [1.807, 2.05) is 0 Å². The van der Waals surface area contributed by atoms with Crippen LogP contribution in [0.4, 0.5) is 0 Å². The van der Waals surface area contributed by atoms with Crippen molar-refractivity contribution in [1.82, 2.24) is 10.2 Å². The lowest BCUT2D eigenvalue weighted by Crippen LogP contribution is -1.95. The first-order valence-electron chi connectivity index (χ1n) is 3.92. The lowest BCUT2D eigenvalue weighted by Gasteiger charge is -1.87. The van der Waals surface area contributed by atoms with E-state index in [1.54, 1.807) is 12.1 Å². The van der Waals surface area contributed by atoms with Crippen molar-refractivity contribution in [2.75, 3.05) is 0 Å². The zero-order chi connectivity index (χ0) is 10.8. The van der Waals surface area contributed by atoms with Gasteiger partial charge in [0.1, 0.15) is 5.76 Å². The maximum absolute atomic E-state index is 10.5. The van der Waals surface area contributed by atoms with E-state index in [1.165, 1.54) is 0 Å². The molecule has 0 saturated heterocycles. The number of alkyl halides is 1. The average Bonchev–Trinajstić information content (AvgIpc) is 2.86. The fourth-order valence-electron chi connectivity index (χ4n) is 0.974. The van der Waals surface area contributed by atoms with Gasteiger partial charge in [-0.05, 0) is 12.1 Å². The fraction of sp³-hybridized carbons (Fsp3) is 0.125. The molecule has 0 aliphatic rings. The molecule has 0 amide bonds. The minimum absolute atomic E-state index is 0.0174. The molecule has 0 atom stereocenters. The van der Waals surface area contributed by atoms with Crippen molar-refractivity contribution in [3.8, 4) is 11.7 Å². The number of nitrogens with zero attached hydrogens (tertiary/aromatic N) is 2. The van der Waals surface area contributed by atoms with Gasteiger partial charge in [-0.3, -0.25) is 0 Å². The summed E-state index contributed by atoms with van der Waals surface area (Å²) in [7, 11) is 0. The van der Waals surface area contributed by atoms with Crippen LogP contribution in [-0.2, 0) is 5.88 Å². The zero-order valence-corrected chi connectivity index (χ0v) is 8.06. The maximum atomic E-state index is 10.5. The standard InChI is InChI=1S/C8H5ClN2O4/c9-3-4-1-2-5(14-4)6-10-11-7(15-6)8(12)13/h1-2H,3H2,(H,12,13). The number of furan rings is 1. The maximum Gasteiger partial charge on any atom is 0.393 e. The molecule has 6 nitrogen and oxygen atoms in total. The van der Waals surface area contributed by atoms with Gasteiger partial charge >= 0.3 is 11.9 Å². The lowest BCUT2D eigenvalue weighted by atomic mass is 10.4. The van der Waals surface area contributed by atoms with Gasteiger partial charge < -0.3 is 13.9 Å². The van der Waals surface area contributed by atoms with Crippen LogP contribution in [0, 0.1) is 0 Å². The second kappa shape index (κ2) is 3.74. The molecule has 2 heterocycles. The van der Waals surface area contributed by atoms with E-state index in [0.717, 1.165) is 0 Å².